The molecule has 0 bridgehead atoms. The normalized spacial score (nSPS) is 12.0. The highest BCUT2D eigenvalue weighted by Crippen LogP contribution is 2.33. The van der Waals surface area contributed by atoms with Gasteiger partial charge in [-0.05, 0) is 32.0 Å². The minimum absolute atomic E-state index is 0.0108. The van der Waals surface area contributed by atoms with E-state index in [0.717, 1.165) is 0 Å². The van der Waals surface area contributed by atoms with E-state index < -0.39 is 16.8 Å². The van der Waals surface area contributed by atoms with Crippen LogP contribution < -0.4 is 10.5 Å². The van der Waals surface area contributed by atoms with Gasteiger partial charge >= 0.3 is 0 Å². The second-order valence-electron chi connectivity index (χ2n) is 4.75. The van der Waals surface area contributed by atoms with Gasteiger partial charge in [-0.25, -0.2) is 4.39 Å². The van der Waals surface area contributed by atoms with Gasteiger partial charge in [-0.1, -0.05) is 12.1 Å². The van der Waals surface area contributed by atoms with Gasteiger partial charge in [0.25, 0.3) is 5.69 Å². The Morgan fingerprint density at radius 1 is 1.33 bits per heavy atom. The molecule has 0 aliphatic rings. The van der Waals surface area contributed by atoms with Crippen molar-refractivity contribution in [3.8, 4) is 11.5 Å². The number of nitro groups is 1. The molecule has 0 spiro atoms. The fraction of sp³-hybridized carbons (Fsp3) is 0.200. The molecule has 0 aromatic heterocycles. The summed E-state index contributed by atoms with van der Waals surface area (Å²) < 4.78 is 19.5. The van der Waals surface area contributed by atoms with E-state index in [0.29, 0.717) is 16.9 Å². The molecule has 0 aliphatic carbocycles. The topological polar surface area (TPSA) is 78.4 Å². The maximum Gasteiger partial charge on any atom is 0.272 e. The number of nitrogens with two attached hydrogens (primary N) is 1. The van der Waals surface area contributed by atoms with Gasteiger partial charge in [0.1, 0.15) is 5.75 Å². The van der Waals surface area contributed by atoms with E-state index in [1.807, 2.05) is 0 Å². The van der Waals surface area contributed by atoms with Crippen molar-refractivity contribution >= 4 is 5.69 Å². The summed E-state index contributed by atoms with van der Waals surface area (Å²) in [6.45, 7) is 3.32. The molecule has 21 heavy (non-hydrogen) atoms. The number of halogens is 1. The predicted octanol–water partition coefficient (Wildman–Crippen LogP) is 3.85. The fourth-order valence-corrected chi connectivity index (χ4v) is 2.01. The average Bonchev–Trinajstić information content (AvgIpc) is 2.40. The third-order valence-electron chi connectivity index (χ3n) is 3.07. The van der Waals surface area contributed by atoms with Crippen LogP contribution in [-0.4, -0.2) is 4.92 Å². The first-order valence-corrected chi connectivity index (χ1v) is 6.37. The van der Waals surface area contributed by atoms with Crippen molar-refractivity contribution in [3.63, 3.8) is 0 Å². The van der Waals surface area contributed by atoms with Crippen LogP contribution >= 0.6 is 0 Å². The lowest BCUT2D eigenvalue weighted by Gasteiger charge is -2.14. The Bertz CT molecular complexity index is 687. The summed E-state index contributed by atoms with van der Waals surface area (Å²) in [5.74, 6) is -0.161. The van der Waals surface area contributed by atoms with Gasteiger partial charge in [0.2, 0.25) is 0 Å². The molecule has 0 aliphatic heterocycles. The zero-order chi connectivity index (χ0) is 15.6. The number of benzene rings is 2. The number of nitrogens with zero attached hydrogens (tertiary/aromatic N) is 1. The van der Waals surface area contributed by atoms with Crippen LogP contribution in [0.25, 0.3) is 0 Å². The summed E-state index contributed by atoms with van der Waals surface area (Å²) in [4.78, 5) is 10.3. The standard InChI is InChI=1S/C15H15FN2O3/c1-9-8-11(6-7-14(9)18(19)20)21-15-12(10(2)17)4-3-5-13(15)16/h3-8,10H,17H2,1-2H3/t10-/m0/s1. The average molecular weight is 290 g/mol. The number of ether oxygens (including phenoxy) is 1. The molecular weight excluding hydrogens is 275 g/mol. The third-order valence-corrected chi connectivity index (χ3v) is 3.07. The maximum absolute atomic E-state index is 13.9. The summed E-state index contributed by atoms with van der Waals surface area (Å²) in [6, 6.07) is 8.38. The van der Waals surface area contributed by atoms with Crippen molar-refractivity contribution in [3.05, 3.63) is 63.5 Å². The Morgan fingerprint density at radius 2 is 2.05 bits per heavy atom. The number of rotatable bonds is 4. The van der Waals surface area contributed by atoms with Crippen LogP contribution in [0.15, 0.2) is 36.4 Å². The quantitative estimate of drug-likeness (QED) is 0.685. The minimum atomic E-state index is -0.527. The summed E-state index contributed by atoms with van der Waals surface area (Å²) in [5, 5.41) is 10.8. The summed E-state index contributed by atoms with van der Waals surface area (Å²) in [5.41, 5.74) is 6.76. The lowest BCUT2D eigenvalue weighted by molar-refractivity contribution is -0.385. The van der Waals surface area contributed by atoms with E-state index in [-0.39, 0.29) is 11.4 Å². The number of aryl methyl sites for hydroxylation is 1. The van der Waals surface area contributed by atoms with Crippen molar-refractivity contribution in [2.45, 2.75) is 19.9 Å². The molecule has 2 rings (SSSR count). The highest BCUT2D eigenvalue weighted by Gasteiger charge is 2.16. The van der Waals surface area contributed by atoms with Crippen LogP contribution in [-0.2, 0) is 0 Å². The molecule has 0 saturated heterocycles. The van der Waals surface area contributed by atoms with Crippen LogP contribution in [0, 0.1) is 22.9 Å². The largest absolute Gasteiger partial charge is 0.454 e. The lowest BCUT2D eigenvalue weighted by atomic mass is 10.1. The Hall–Kier alpha value is -2.47. The van der Waals surface area contributed by atoms with Gasteiger partial charge < -0.3 is 10.5 Å². The summed E-state index contributed by atoms with van der Waals surface area (Å²) in [6.07, 6.45) is 0. The first-order valence-electron chi connectivity index (χ1n) is 6.37. The van der Waals surface area contributed by atoms with Crippen molar-refractivity contribution in [1.29, 1.82) is 0 Å². The molecule has 110 valence electrons. The van der Waals surface area contributed by atoms with Crippen LogP contribution in [0.4, 0.5) is 10.1 Å². The minimum Gasteiger partial charge on any atom is -0.454 e. The fourth-order valence-electron chi connectivity index (χ4n) is 2.01. The molecule has 0 unspecified atom stereocenters. The van der Waals surface area contributed by atoms with Crippen molar-refractivity contribution in [1.82, 2.24) is 0 Å². The highest BCUT2D eigenvalue weighted by atomic mass is 19.1. The lowest BCUT2D eigenvalue weighted by Crippen LogP contribution is -2.07. The molecule has 0 saturated carbocycles. The Labute approximate surface area is 121 Å². The molecule has 0 radical (unpaired) electrons. The number of nitro benzene ring substituents is 1. The van der Waals surface area contributed by atoms with Gasteiger partial charge in [-0.2, -0.15) is 0 Å². The molecule has 0 heterocycles. The van der Waals surface area contributed by atoms with Crippen molar-refractivity contribution < 1.29 is 14.1 Å². The molecule has 0 amide bonds. The molecule has 2 aromatic carbocycles. The smallest absolute Gasteiger partial charge is 0.272 e. The number of para-hydroxylation sites is 1. The van der Waals surface area contributed by atoms with Crippen LogP contribution in [0.5, 0.6) is 11.5 Å². The van der Waals surface area contributed by atoms with E-state index >= 15 is 0 Å². The second kappa shape index (κ2) is 5.88. The highest BCUT2D eigenvalue weighted by molar-refractivity contribution is 5.47. The van der Waals surface area contributed by atoms with Crippen molar-refractivity contribution in [2.75, 3.05) is 0 Å². The van der Waals surface area contributed by atoms with Gasteiger partial charge in [-0.3, -0.25) is 10.1 Å². The predicted molar refractivity (Wildman–Crippen MR) is 76.9 cm³/mol. The first-order chi connectivity index (χ1) is 9.90. The zero-order valence-electron chi connectivity index (χ0n) is 11.7. The molecule has 1 atom stereocenters. The Balaban J connectivity index is 2.39. The van der Waals surface area contributed by atoms with E-state index in [4.69, 9.17) is 10.5 Å². The molecule has 0 fully saturated rings. The third kappa shape index (κ3) is 3.17. The second-order valence-corrected chi connectivity index (χ2v) is 4.75. The van der Waals surface area contributed by atoms with Crippen molar-refractivity contribution in [2.24, 2.45) is 5.73 Å². The van der Waals surface area contributed by atoms with E-state index in [9.17, 15) is 14.5 Å². The van der Waals surface area contributed by atoms with Gasteiger partial charge in [0.15, 0.2) is 11.6 Å². The summed E-state index contributed by atoms with van der Waals surface area (Å²) in [7, 11) is 0. The first kappa shape index (κ1) is 14.9. The van der Waals surface area contributed by atoms with Crippen LogP contribution in [0.1, 0.15) is 24.1 Å². The maximum atomic E-state index is 13.9. The Morgan fingerprint density at radius 3 is 2.62 bits per heavy atom. The van der Waals surface area contributed by atoms with E-state index in [1.54, 1.807) is 26.0 Å². The summed E-state index contributed by atoms with van der Waals surface area (Å²) >= 11 is 0. The number of hydrogen-bond donors (Lipinski definition) is 1. The molecule has 6 heteroatoms. The molecule has 5 nitrogen and oxygen atoms in total. The van der Waals surface area contributed by atoms with Gasteiger partial charge in [0, 0.05) is 23.2 Å². The van der Waals surface area contributed by atoms with E-state index in [1.165, 1.54) is 24.3 Å². The molecule has 2 N–H and O–H groups in total. The van der Waals surface area contributed by atoms with E-state index in [2.05, 4.69) is 0 Å². The zero-order valence-corrected chi connectivity index (χ0v) is 11.7. The van der Waals surface area contributed by atoms with Crippen LogP contribution in [0.3, 0.4) is 0 Å². The SMILES string of the molecule is Cc1cc(Oc2c(F)cccc2[C@H](C)N)ccc1[N+](=O)[O-]. The van der Waals surface area contributed by atoms with Crippen LogP contribution in [0.2, 0.25) is 0 Å². The number of hydrogen-bond acceptors (Lipinski definition) is 4. The monoisotopic (exact) mass is 290 g/mol. The Kier molecular flexibility index (Phi) is 4.18. The molecule has 2 aromatic rings. The van der Waals surface area contributed by atoms with Gasteiger partial charge in [0.05, 0.1) is 4.92 Å². The molecular formula is C15H15FN2O3. The van der Waals surface area contributed by atoms with Gasteiger partial charge in [-0.15, -0.1) is 0 Å².